The summed E-state index contributed by atoms with van der Waals surface area (Å²) >= 11 is 4.12. The van der Waals surface area contributed by atoms with Gasteiger partial charge in [-0.05, 0) is 0 Å². The predicted octanol–water partition coefficient (Wildman–Crippen LogP) is 1.50. The Morgan fingerprint density at radius 2 is 2.38 bits per heavy atom. The van der Waals surface area contributed by atoms with Gasteiger partial charge in [0, 0.05) is 0 Å². The fourth-order valence-corrected chi connectivity index (χ4v) is 7.57. The van der Waals surface area contributed by atoms with Crippen LogP contribution in [-0.2, 0) is 4.74 Å². The first-order valence-electron chi connectivity index (χ1n) is 3.47. The number of carbonyl (C=O) groups is 1. The van der Waals surface area contributed by atoms with Crippen LogP contribution in [0.1, 0.15) is 9.23 Å². The Kier molecular flexibility index (Phi) is 2.82. The molecule has 0 fully saturated rings. The molecule has 0 atom stereocenters. The summed E-state index contributed by atoms with van der Waals surface area (Å²) in [4.78, 5) is 13.4. The van der Waals surface area contributed by atoms with Crippen molar-refractivity contribution in [2.75, 3.05) is 7.11 Å². The maximum atomic E-state index is 11.2. The Bertz CT molecular complexity index is 458. The van der Waals surface area contributed by atoms with E-state index in [1.165, 1.54) is 15.6 Å². The molecule has 0 amide bonds. The number of fused-ring (bicyclic) bond motifs is 1. The third kappa shape index (κ3) is 1.72. The molecule has 2 rings (SSSR count). The molecule has 2 heterocycles. The second-order valence-electron chi connectivity index (χ2n) is 2.39. The fourth-order valence-electron chi connectivity index (χ4n) is 0.998. The van der Waals surface area contributed by atoms with E-state index >= 15 is 0 Å². The summed E-state index contributed by atoms with van der Waals surface area (Å²) in [6, 6.07) is 1.95. The molecule has 0 aliphatic carbocycles. The van der Waals surface area contributed by atoms with Crippen molar-refractivity contribution >= 4 is 59.4 Å². The van der Waals surface area contributed by atoms with Crippen LogP contribution in [0.3, 0.4) is 0 Å². The molecule has 2 aromatic heterocycles. The molecule has 13 heavy (non-hydrogen) atoms. The Balaban J connectivity index is 2.56. The molecular weight excluding hydrogens is 366 g/mol. The fraction of sp³-hybridized carbons (Fsp3) is 0.125. The predicted molar refractivity (Wildman–Crippen MR) is 56.9 cm³/mol. The van der Waals surface area contributed by atoms with Gasteiger partial charge in [0.15, 0.2) is 0 Å². The summed E-state index contributed by atoms with van der Waals surface area (Å²) in [7, 11) is 1.43. The number of hydrogen-bond donors (Lipinski definition) is 0. The minimum absolute atomic E-state index is 0.175. The molecule has 68 valence electrons. The van der Waals surface area contributed by atoms with E-state index in [1.807, 2.05) is 6.07 Å². The van der Waals surface area contributed by atoms with Crippen molar-refractivity contribution in [3.63, 3.8) is 0 Å². The molecule has 0 aliphatic heterocycles. The molecule has 0 radical (unpaired) electrons. The third-order valence-electron chi connectivity index (χ3n) is 1.61. The van der Waals surface area contributed by atoms with Gasteiger partial charge in [0.2, 0.25) is 0 Å². The third-order valence-corrected chi connectivity index (χ3v) is 8.47. The van der Waals surface area contributed by atoms with Crippen molar-refractivity contribution in [2.24, 2.45) is 0 Å². The van der Waals surface area contributed by atoms with Crippen molar-refractivity contribution in [1.82, 2.24) is 0 Å². The van der Waals surface area contributed by atoms with Gasteiger partial charge < -0.3 is 0 Å². The zero-order chi connectivity index (χ0) is 9.42. The van der Waals surface area contributed by atoms with Crippen molar-refractivity contribution in [3.05, 3.63) is 19.9 Å². The number of halogens is 1. The Labute approximate surface area is 95.5 Å². The summed E-state index contributed by atoms with van der Waals surface area (Å²) in [5.41, 5.74) is 0. The normalized spacial score (nSPS) is 10.6. The summed E-state index contributed by atoms with van der Waals surface area (Å²) in [6.45, 7) is 0. The van der Waals surface area contributed by atoms with E-state index in [-0.39, 0.29) is 20.5 Å². The van der Waals surface area contributed by atoms with Gasteiger partial charge in [0.1, 0.15) is 0 Å². The Morgan fingerprint density at radius 1 is 1.62 bits per heavy atom. The van der Waals surface area contributed by atoms with Crippen LogP contribution in [-0.4, -0.2) is 42.1 Å². The first-order chi connectivity index (χ1) is 6.22. The molecule has 2 nitrogen and oxygen atoms in total. The van der Waals surface area contributed by atoms with E-state index in [4.69, 9.17) is 0 Å². The second kappa shape index (κ2) is 3.76. The average Bonchev–Trinajstić information content (AvgIpc) is 2.67. The van der Waals surface area contributed by atoms with Crippen LogP contribution in [0.15, 0.2) is 15.5 Å². The van der Waals surface area contributed by atoms with Crippen LogP contribution in [0.5, 0.6) is 0 Å². The van der Waals surface area contributed by atoms with Crippen LogP contribution >= 0.6 is 15.9 Å². The molecule has 0 aliphatic rings. The molecule has 0 spiro atoms. The number of carbonyl (C=O) groups excluding carboxylic acids is 1. The van der Waals surface area contributed by atoms with Gasteiger partial charge in [-0.1, -0.05) is 0 Å². The van der Waals surface area contributed by atoms with Gasteiger partial charge >= 0.3 is 96.0 Å². The standard InChI is InChI=1S/C8H5BrO2Se2/c1-11-7(10)6-2-4-5(9)3-12-8(4)13-6/h2-3H,1H3. The van der Waals surface area contributed by atoms with E-state index in [0.29, 0.717) is 14.5 Å². The first kappa shape index (κ1) is 9.75. The zero-order valence-corrected chi connectivity index (χ0v) is 11.7. The molecule has 0 aromatic carbocycles. The molecule has 2 aromatic rings. The van der Waals surface area contributed by atoms with Gasteiger partial charge in [-0.15, -0.1) is 0 Å². The van der Waals surface area contributed by atoms with Crippen LogP contribution in [0.2, 0.25) is 0 Å². The van der Waals surface area contributed by atoms with Gasteiger partial charge in [-0.2, -0.15) is 0 Å². The maximum absolute atomic E-state index is 11.2. The first-order valence-corrected chi connectivity index (χ1v) is 7.82. The van der Waals surface area contributed by atoms with Crippen molar-refractivity contribution in [3.8, 4) is 0 Å². The molecule has 0 N–H and O–H groups in total. The van der Waals surface area contributed by atoms with E-state index in [9.17, 15) is 4.79 Å². The molecule has 5 heteroatoms. The van der Waals surface area contributed by atoms with Gasteiger partial charge in [0.25, 0.3) is 0 Å². The Morgan fingerprint density at radius 3 is 3.00 bits per heavy atom. The monoisotopic (exact) mass is 372 g/mol. The summed E-state index contributed by atoms with van der Waals surface area (Å²) in [5, 5.41) is 1.22. The topological polar surface area (TPSA) is 26.3 Å². The second-order valence-corrected chi connectivity index (χ2v) is 8.60. The van der Waals surface area contributed by atoms with Crippen molar-refractivity contribution in [2.45, 2.75) is 0 Å². The molecule has 0 unspecified atom stereocenters. The molecule has 0 bridgehead atoms. The summed E-state index contributed by atoms with van der Waals surface area (Å²) < 4.78 is 8.11. The van der Waals surface area contributed by atoms with E-state index in [1.54, 1.807) is 0 Å². The van der Waals surface area contributed by atoms with Gasteiger partial charge in [-0.25, -0.2) is 0 Å². The van der Waals surface area contributed by atoms with Crippen LogP contribution < -0.4 is 0 Å². The minimum atomic E-state index is -0.175. The Hall–Kier alpha value is 0.209. The van der Waals surface area contributed by atoms with Crippen LogP contribution in [0.25, 0.3) is 8.52 Å². The number of methoxy groups -OCH3 is 1. The van der Waals surface area contributed by atoms with E-state index < -0.39 is 0 Å². The number of rotatable bonds is 1. The van der Waals surface area contributed by atoms with Gasteiger partial charge in [-0.3, -0.25) is 0 Å². The average molecular weight is 371 g/mol. The van der Waals surface area contributed by atoms with Crippen LogP contribution in [0.4, 0.5) is 0 Å². The van der Waals surface area contributed by atoms with E-state index in [0.717, 1.165) is 8.91 Å². The van der Waals surface area contributed by atoms with E-state index in [2.05, 4.69) is 25.6 Å². The van der Waals surface area contributed by atoms with Crippen molar-refractivity contribution < 1.29 is 9.53 Å². The van der Waals surface area contributed by atoms with Gasteiger partial charge in [0.05, 0.1) is 0 Å². The number of esters is 1. The molecular formula is C8H5BrO2Se2. The summed E-state index contributed by atoms with van der Waals surface area (Å²) in [6.07, 6.45) is 0. The zero-order valence-electron chi connectivity index (χ0n) is 6.67. The number of hydrogen-bond acceptors (Lipinski definition) is 2. The SMILES string of the molecule is COC(=O)c1cc2c(Br)c[se]c2[se]1. The molecule has 0 saturated carbocycles. The quantitative estimate of drug-likeness (QED) is 0.561. The molecule has 0 saturated heterocycles. The van der Waals surface area contributed by atoms with Crippen LogP contribution in [0, 0.1) is 0 Å². The number of ether oxygens (including phenoxy) is 1. The van der Waals surface area contributed by atoms with Crippen molar-refractivity contribution in [1.29, 1.82) is 0 Å². The summed E-state index contributed by atoms with van der Waals surface area (Å²) in [5.74, 6) is -0.175.